The van der Waals surface area contributed by atoms with Crippen molar-refractivity contribution in [3.63, 3.8) is 0 Å². The first-order valence-electron chi connectivity index (χ1n) is 12.2. The smallest absolute Gasteiger partial charge is 0.264 e. The molecule has 0 radical (unpaired) electrons. The largest absolute Gasteiger partial charge is 0.355 e. The number of aryl methyl sites for hydroxylation is 1. The van der Waals surface area contributed by atoms with Gasteiger partial charge in [-0.05, 0) is 50.1 Å². The normalized spacial score (nSPS) is 12.0. The number of nitrogens with one attached hydrogen (secondary N) is 1. The quantitative estimate of drug-likeness (QED) is 0.330. The molecule has 10 heteroatoms. The third kappa shape index (κ3) is 6.87. The van der Waals surface area contributed by atoms with Gasteiger partial charge in [0.25, 0.3) is 10.0 Å². The topological polar surface area (TPSA) is 86.8 Å². The summed E-state index contributed by atoms with van der Waals surface area (Å²) in [6.07, 6.45) is 0.340. The van der Waals surface area contributed by atoms with Crippen molar-refractivity contribution >= 4 is 50.7 Å². The highest BCUT2D eigenvalue weighted by atomic mass is 35.5. The molecule has 1 atom stereocenters. The van der Waals surface area contributed by atoms with E-state index >= 15 is 0 Å². The van der Waals surface area contributed by atoms with Crippen LogP contribution in [0.3, 0.4) is 0 Å². The molecule has 0 aliphatic heterocycles. The van der Waals surface area contributed by atoms with Crippen LogP contribution in [0.25, 0.3) is 0 Å². The summed E-state index contributed by atoms with van der Waals surface area (Å²) in [5, 5.41) is 2.93. The Kier molecular flexibility index (Phi) is 10.2. The Hall–Kier alpha value is -3.07. The molecular formula is C28H31Cl2N3O4S. The van der Waals surface area contributed by atoms with E-state index in [1.54, 1.807) is 32.0 Å². The molecule has 0 unspecified atom stereocenters. The number of carbonyl (C=O) groups excluding carboxylic acids is 2. The Bertz CT molecular complexity index is 1370. The second kappa shape index (κ2) is 13.1. The van der Waals surface area contributed by atoms with Crippen molar-refractivity contribution in [1.82, 2.24) is 10.2 Å². The summed E-state index contributed by atoms with van der Waals surface area (Å²) in [6, 6.07) is 19.3. The van der Waals surface area contributed by atoms with E-state index in [1.165, 1.54) is 29.2 Å². The number of anilines is 1. The maximum absolute atomic E-state index is 13.9. The molecule has 0 spiro atoms. The fraction of sp³-hybridized carbons (Fsp3) is 0.286. The zero-order valence-electron chi connectivity index (χ0n) is 21.5. The zero-order chi connectivity index (χ0) is 27.9. The van der Waals surface area contributed by atoms with E-state index in [1.807, 2.05) is 37.3 Å². The average Bonchev–Trinajstić information content (AvgIpc) is 2.90. The maximum atomic E-state index is 13.9. The van der Waals surface area contributed by atoms with Gasteiger partial charge in [0.2, 0.25) is 11.8 Å². The summed E-state index contributed by atoms with van der Waals surface area (Å²) in [4.78, 5) is 28.3. The van der Waals surface area contributed by atoms with Crippen molar-refractivity contribution in [2.75, 3.05) is 17.4 Å². The number of hydrogen-bond donors (Lipinski definition) is 1. The minimum atomic E-state index is -4.23. The van der Waals surface area contributed by atoms with E-state index in [-0.39, 0.29) is 33.1 Å². The van der Waals surface area contributed by atoms with Crippen molar-refractivity contribution in [3.8, 4) is 0 Å². The predicted molar refractivity (Wildman–Crippen MR) is 152 cm³/mol. The Balaban J connectivity index is 2.09. The molecule has 0 fully saturated rings. The van der Waals surface area contributed by atoms with Gasteiger partial charge in [-0.1, -0.05) is 84.2 Å². The Labute approximate surface area is 234 Å². The van der Waals surface area contributed by atoms with Crippen LogP contribution < -0.4 is 9.62 Å². The molecule has 3 aromatic rings. The lowest BCUT2D eigenvalue weighted by Gasteiger charge is -2.33. The highest BCUT2D eigenvalue weighted by Gasteiger charge is 2.34. The highest BCUT2D eigenvalue weighted by molar-refractivity contribution is 7.92. The monoisotopic (exact) mass is 575 g/mol. The summed E-state index contributed by atoms with van der Waals surface area (Å²) in [5.74, 6) is -0.869. The average molecular weight is 577 g/mol. The van der Waals surface area contributed by atoms with Crippen LogP contribution >= 0.6 is 23.2 Å². The summed E-state index contributed by atoms with van der Waals surface area (Å²) in [6.45, 7) is 5.38. The summed E-state index contributed by atoms with van der Waals surface area (Å²) in [5.41, 5.74) is 1.75. The minimum Gasteiger partial charge on any atom is -0.355 e. The van der Waals surface area contributed by atoms with Crippen LogP contribution in [0.15, 0.2) is 77.7 Å². The molecule has 2 amide bonds. The van der Waals surface area contributed by atoms with Gasteiger partial charge in [-0.2, -0.15) is 0 Å². The SMILES string of the molecule is CCNC(=O)[C@H](CC)N(Cc1ccccc1)C(=O)CN(c1cccc(Cl)c1Cl)S(=O)(=O)c1ccc(C)cc1. The number of hydrogen-bond acceptors (Lipinski definition) is 4. The molecule has 38 heavy (non-hydrogen) atoms. The lowest BCUT2D eigenvalue weighted by atomic mass is 10.1. The Morgan fingerprint density at radius 3 is 2.18 bits per heavy atom. The molecule has 0 bridgehead atoms. The van der Waals surface area contributed by atoms with E-state index in [9.17, 15) is 18.0 Å². The fourth-order valence-corrected chi connectivity index (χ4v) is 5.90. The molecule has 0 saturated heterocycles. The van der Waals surface area contributed by atoms with Crippen LogP contribution in [0.4, 0.5) is 5.69 Å². The van der Waals surface area contributed by atoms with Crippen molar-refractivity contribution in [3.05, 3.63) is 94.0 Å². The fourth-order valence-electron chi connectivity index (χ4n) is 4.03. The first-order chi connectivity index (χ1) is 18.1. The van der Waals surface area contributed by atoms with Crippen molar-refractivity contribution in [2.45, 2.75) is 44.7 Å². The lowest BCUT2D eigenvalue weighted by molar-refractivity contribution is -0.140. The second-order valence-electron chi connectivity index (χ2n) is 8.72. The molecular weight excluding hydrogens is 545 g/mol. The summed E-state index contributed by atoms with van der Waals surface area (Å²) >= 11 is 12.7. The first kappa shape index (κ1) is 29.5. The number of sulfonamides is 1. The number of amides is 2. The van der Waals surface area contributed by atoms with E-state index in [4.69, 9.17) is 23.2 Å². The van der Waals surface area contributed by atoms with Crippen LogP contribution in [0.1, 0.15) is 31.4 Å². The molecule has 0 aliphatic rings. The van der Waals surface area contributed by atoms with Crippen molar-refractivity contribution in [2.24, 2.45) is 0 Å². The van der Waals surface area contributed by atoms with E-state index in [2.05, 4.69) is 5.32 Å². The number of halogens is 2. The Morgan fingerprint density at radius 2 is 1.58 bits per heavy atom. The number of rotatable bonds is 11. The van der Waals surface area contributed by atoms with Crippen LogP contribution in [-0.2, 0) is 26.2 Å². The molecule has 0 heterocycles. The number of nitrogens with zero attached hydrogens (tertiary/aromatic N) is 2. The molecule has 3 aromatic carbocycles. The third-order valence-corrected chi connectivity index (χ3v) is 8.60. The standard InChI is InChI=1S/C28H31Cl2N3O4S/c1-4-24(28(35)31-5-2)32(18-21-10-7-6-8-11-21)26(34)19-33(25-13-9-12-23(29)27(25)30)38(36,37)22-16-14-20(3)15-17-22/h6-17,24H,4-5,18-19H2,1-3H3,(H,31,35)/t24-/m0/s1. The van der Waals surface area contributed by atoms with Gasteiger partial charge in [0.15, 0.2) is 0 Å². The van der Waals surface area contributed by atoms with Crippen molar-refractivity contribution < 1.29 is 18.0 Å². The van der Waals surface area contributed by atoms with Crippen LogP contribution in [0.5, 0.6) is 0 Å². The predicted octanol–water partition coefficient (Wildman–Crippen LogP) is 5.44. The van der Waals surface area contributed by atoms with Crippen LogP contribution in [0, 0.1) is 6.92 Å². The van der Waals surface area contributed by atoms with Gasteiger partial charge in [0, 0.05) is 13.1 Å². The van der Waals surface area contributed by atoms with Gasteiger partial charge in [-0.25, -0.2) is 8.42 Å². The highest BCUT2D eigenvalue weighted by Crippen LogP contribution is 2.35. The molecule has 7 nitrogen and oxygen atoms in total. The molecule has 202 valence electrons. The summed E-state index contributed by atoms with van der Waals surface area (Å²) < 4.78 is 28.7. The van der Waals surface area contributed by atoms with Crippen molar-refractivity contribution in [1.29, 1.82) is 0 Å². The van der Waals surface area contributed by atoms with Gasteiger partial charge < -0.3 is 10.2 Å². The van der Waals surface area contributed by atoms with E-state index in [0.29, 0.717) is 13.0 Å². The van der Waals surface area contributed by atoms with Crippen LogP contribution in [-0.4, -0.2) is 44.3 Å². The molecule has 0 saturated carbocycles. The van der Waals surface area contributed by atoms with Gasteiger partial charge in [-0.3, -0.25) is 13.9 Å². The number of benzene rings is 3. The summed E-state index contributed by atoms with van der Waals surface area (Å²) in [7, 11) is -4.23. The van der Waals surface area contributed by atoms with Gasteiger partial charge >= 0.3 is 0 Å². The minimum absolute atomic E-state index is 0.00248. The number of likely N-dealkylation sites (N-methyl/N-ethyl adjacent to an activating group) is 1. The molecule has 1 N–H and O–H groups in total. The maximum Gasteiger partial charge on any atom is 0.264 e. The van der Waals surface area contributed by atoms with Gasteiger partial charge in [0.1, 0.15) is 12.6 Å². The second-order valence-corrected chi connectivity index (χ2v) is 11.4. The van der Waals surface area contributed by atoms with Gasteiger partial charge in [-0.15, -0.1) is 0 Å². The van der Waals surface area contributed by atoms with E-state index < -0.39 is 28.5 Å². The Morgan fingerprint density at radius 1 is 0.921 bits per heavy atom. The number of carbonyl (C=O) groups is 2. The van der Waals surface area contributed by atoms with E-state index in [0.717, 1.165) is 15.4 Å². The third-order valence-electron chi connectivity index (χ3n) is 6.02. The molecule has 0 aromatic heterocycles. The first-order valence-corrected chi connectivity index (χ1v) is 14.4. The van der Waals surface area contributed by atoms with Crippen LogP contribution in [0.2, 0.25) is 10.0 Å². The lowest BCUT2D eigenvalue weighted by Crippen LogP contribution is -2.52. The molecule has 3 rings (SSSR count). The molecule has 0 aliphatic carbocycles. The zero-order valence-corrected chi connectivity index (χ0v) is 23.9. The van der Waals surface area contributed by atoms with Gasteiger partial charge in [0.05, 0.1) is 20.6 Å².